The molecule has 0 atom stereocenters. The summed E-state index contributed by atoms with van der Waals surface area (Å²) in [5.41, 5.74) is 1.68. The van der Waals surface area contributed by atoms with E-state index < -0.39 is 4.92 Å². The van der Waals surface area contributed by atoms with Crippen molar-refractivity contribution in [3.8, 4) is 0 Å². The van der Waals surface area contributed by atoms with Gasteiger partial charge in [-0.05, 0) is 48.5 Å². The molecule has 0 unspecified atom stereocenters. The molecule has 1 aliphatic rings. The number of anilines is 2. The lowest BCUT2D eigenvalue weighted by Gasteiger charge is -2.36. The average molecular weight is 424 g/mol. The number of nitrogens with one attached hydrogen (secondary N) is 1. The lowest BCUT2D eigenvalue weighted by molar-refractivity contribution is -0.384. The van der Waals surface area contributed by atoms with Crippen LogP contribution in [-0.2, 0) is 6.54 Å². The highest BCUT2D eigenvalue weighted by Gasteiger charge is 2.24. The number of piperazine rings is 1. The van der Waals surface area contributed by atoms with Crippen LogP contribution in [0.1, 0.15) is 16.1 Å². The molecule has 1 fully saturated rings. The van der Waals surface area contributed by atoms with E-state index in [2.05, 4.69) is 10.2 Å². The highest BCUT2D eigenvalue weighted by molar-refractivity contribution is 5.94. The Morgan fingerprint density at radius 3 is 2.48 bits per heavy atom. The van der Waals surface area contributed by atoms with Gasteiger partial charge >= 0.3 is 0 Å². The van der Waals surface area contributed by atoms with E-state index in [1.54, 1.807) is 35.4 Å². The van der Waals surface area contributed by atoms with Crippen molar-refractivity contribution in [3.05, 3.63) is 88.1 Å². The molecule has 2 aromatic carbocycles. The lowest BCUT2D eigenvalue weighted by Crippen LogP contribution is -2.48. The number of rotatable bonds is 6. The molecular formula is C22H21FN4O4. The predicted molar refractivity (Wildman–Crippen MR) is 114 cm³/mol. The summed E-state index contributed by atoms with van der Waals surface area (Å²) in [6.07, 6.45) is 1.55. The van der Waals surface area contributed by atoms with Crippen molar-refractivity contribution in [2.24, 2.45) is 0 Å². The molecule has 3 aromatic rings. The van der Waals surface area contributed by atoms with E-state index in [1.807, 2.05) is 0 Å². The highest BCUT2D eigenvalue weighted by atomic mass is 19.1. The summed E-state index contributed by atoms with van der Waals surface area (Å²) in [5, 5.41) is 14.5. The molecule has 0 bridgehead atoms. The first-order valence-corrected chi connectivity index (χ1v) is 9.86. The first-order valence-electron chi connectivity index (χ1n) is 9.86. The number of carbonyl (C=O) groups is 1. The van der Waals surface area contributed by atoms with E-state index in [9.17, 15) is 19.3 Å². The van der Waals surface area contributed by atoms with Gasteiger partial charge in [-0.1, -0.05) is 0 Å². The fraction of sp³-hybridized carbons (Fsp3) is 0.227. The van der Waals surface area contributed by atoms with Crippen LogP contribution in [0, 0.1) is 15.9 Å². The zero-order valence-corrected chi connectivity index (χ0v) is 16.7. The third kappa shape index (κ3) is 4.66. The summed E-state index contributed by atoms with van der Waals surface area (Å²) in [6.45, 7) is 2.51. The standard InChI is InChI=1S/C22H21FN4O4/c23-17-5-3-16(4-6-17)22(28)26-11-9-25(10-12-26)18-7-8-21(27(29)30)20(14-18)24-15-19-2-1-13-31-19/h1-8,13-14,24H,9-12,15H2. The van der Waals surface area contributed by atoms with Gasteiger partial charge in [0.05, 0.1) is 17.7 Å². The lowest BCUT2D eigenvalue weighted by atomic mass is 10.1. The third-order valence-corrected chi connectivity index (χ3v) is 5.23. The fourth-order valence-electron chi connectivity index (χ4n) is 3.56. The zero-order valence-electron chi connectivity index (χ0n) is 16.7. The summed E-state index contributed by atoms with van der Waals surface area (Å²) < 4.78 is 18.4. The fourth-order valence-corrected chi connectivity index (χ4v) is 3.56. The van der Waals surface area contributed by atoms with Gasteiger partial charge in [-0.2, -0.15) is 0 Å². The molecule has 0 aliphatic carbocycles. The van der Waals surface area contributed by atoms with E-state index in [1.165, 1.54) is 30.3 Å². The van der Waals surface area contributed by atoms with Gasteiger partial charge in [-0.3, -0.25) is 14.9 Å². The van der Waals surface area contributed by atoms with Gasteiger partial charge in [0.15, 0.2) is 0 Å². The number of amides is 1. The predicted octanol–water partition coefficient (Wildman–Crippen LogP) is 3.90. The number of nitrogens with zero attached hydrogens (tertiary/aromatic N) is 3. The average Bonchev–Trinajstić information content (AvgIpc) is 3.31. The summed E-state index contributed by atoms with van der Waals surface area (Å²) in [6, 6.07) is 14.0. The van der Waals surface area contributed by atoms with Crippen LogP contribution in [0.4, 0.5) is 21.5 Å². The van der Waals surface area contributed by atoms with Crippen molar-refractivity contribution in [2.45, 2.75) is 6.54 Å². The Morgan fingerprint density at radius 2 is 1.84 bits per heavy atom. The van der Waals surface area contributed by atoms with Crippen LogP contribution in [0.5, 0.6) is 0 Å². The topological polar surface area (TPSA) is 91.9 Å². The molecule has 1 aliphatic heterocycles. The summed E-state index contributed by atoms with van der Waals surface area (Å²) >= 11 is 0. The van der Waals surface area contributed by atoms with Gasteiger partial charge < -0.3 is 19.5 Å². The largest absolute Gasteiger partial charge is 0.467 e. The van der Waals surface area contributed by atoms with E-state index >= 15 is 0 Å². The van der Waals surface area contributed by atoms with Crippen molar-refractivity contribution in [1.82, 2.24) is 4.90 Å². The molecule has 1 N–H and O–H groups in total. The van der Waals surface area contributed by atoms with E-state index in [0.717, 1.165) is 5.69 Å². The van der Waals surface area contributed by atoms with Crippen molar-refractivity contribution >= 4 is 23.0 Å². The van der Waals surface area contributed by atoms with Crippen molar-refractivity contribution in [3.63, 3.8) is 0 Å². The number of hydrogen-bond acceptors (Lipinski definition) is 6. The molecule has 2 heterocycles. The molecule has 160 valence electrons. The number of halogens is 1. The van der Waals surface area contributed by atoms with Crippen LogP contribution >= 0.6 is 0 Å². The van der Waals surface area contributed by atoms with Gasteiger partial charge in [-0.25, -0.2) is 4.39 Å². The molecule has 8 nitrogen and oxygen atoms in total. The smallest absolute Gasteiger partial charge is 0.292 e. The number of carbonyl (C=O) groups excluding carboxylic acids is 1. The molecule has 0 saturated carbocycles. The Morgan fingerprint density at radius 1 is 1.10 bits per heavy atom. The minimum absolute atomic E-state index is 0.0135. The van der Waals surface area contributed by atoms with E-state index in [-0.39, 0.29) is 17.4 Å². The first-order chi connectivity index (χ1) is 15.0. The van der Waals surface area contributed by atoms with Gasteiger partial charge in [-0.15, -0.1) is 0 Å². The van der Waals surface area contributed by atoms with E-state index in [4.69, 9.17) is 4.42 Å². The summed E-state index contributed by atoms with van der Waals surface area (Å²) in [4.78, 5) is 27.4. The van der Waals surface area contributed by atoms with Crippen LogP contribution < -0.4 is 10.2 Å². The van der Waals surface area contributed by atoms with Gasteiger partial charge in [0.2, 0.25) is 0 Å². The molecule has 4 rings (SSSR count). The molecule has 31 heavy (non-hydrogen) atoms. The normalized spacial score (nSPS) is 13.8. The molecular weight excluding hydrogens is 403 g/mol. The second-order valence-corrected chi connectivity index (χ2v) is 7.18. The van der Waals surface area contributed by atoms with Gasteiger partial charge in [0, 0.05) is 43.5 Å². The SMILES string of the molecule is O=C(c1ccc(F)cc1)N1CCN(c2ccc([N+](=O)[O-])c(NCc3ccco3)c2)CC1. The van der Waals surface area contributed by atoms with Crippen molar-refractivity contribution < 1.29 is 18.5 Å². The Bertz CT molecular complexity index is 1060. The minimum Gasteiger partial charge on any atom is -0.467 e. The molecule has 1 aromatic heterocycles. The van der Waals surface area contributed by atoms with Crippen LogP contribution in [0.15, 0.2) is 65.3 Å². The zero-order chi connectivity index (χ0) is 21.8. The number of nitro benzene ring substituents is 1. The number of nitro groups is 1. The highest BCUT2D eigenvalue weighted by Crippen LogP contribution is 2.30. The minimum atomic E-state index is -0.423. The molecule has 0 radical (unpaired) electrons. The third-order valence-electron chi connectivity index (χ3n) is 5.23. The second-order valence-electron chi connectivity index (χ2n) is 7.18. The molecule has 9 heteroatoms. The number of hydrogen-bond donors (Lipinski definition) is 1. The molecule has 1 amide bonds. The van der Waals surface area contributed by atoms with Crippen LogP contribution in [0.2, 0.25) is 0 Å². The van der Waals surface area contributed by atoms with Gasteiger partial charge in [0.25, 0.3) is 11.6 Å². The Kier molecular flexibility index (Phi) is 5.83. The van der Waals surface area contributed by atoms with Crippen LogP contribution in [0.3, 0.4) is 0 Å². The maximum absolute atomic E-state index is 13.1. The molecule has 0 spiro atoms. The maximum Gasteiger partial charge on any atom is 0.292 e. The Hall–Kier alpha value is -3.88. The van der Waals surface area contributed by atoms with Crippen LogP contribution in [-0.4, -0.2) is 41.9 Å². The molecule has 1 saturated heterocycles. The number of furan rings is 1. The second kappa shape index (κ2) is 8.86. The van der Waals surface area contributed by atoms with Crippen molar-refractivity contribution in [1.29, 1.82) is 0 Å². The monoisotopic (exact) mass is 424 g/mol. The van der Waals surface area contributed by atoms with Crippen molar-refractivity contribution in [2.75, 3.05) is 36.4 Å². The summed E-state index contributed by atoms with van der Waals surface area (Å²) in [5.74, 6) is 0.160. The number of benzene rings is 2. The maximum atomic E-state index is 13.1. The van der Waals surface area contributed by atoms with Crippen LogP contribution in [0.25, 0.3) is 0 Å². The quantitative estimate of drug-likeness (QED) is 0.477. The summed E-state index contributed by atoms with van der Waals surface area (Å²) in [7, 11) is 0. The van der Waals surface area contributed by atoms with E-state index in [0.29, 0.717) is 49.7 Å². The Labute approximate surface area is 178 Å². The first kappa shape index (κ1) is 20.4. The van der Waals surface area contributed by atoms with Gasteiger partial charge in [0.1, 0.15) is 17.3 Å². The Balaban J connectivity index is 1.43.